The molecule has 0 spiro atoms. The van der Waals surface area contributed by atoms with Crippen LogP contribution in [0.5, 0.6) is 0 Å². The lowest BCUT2D eigenvalue weighted by Gasteiger charge is -1.79. The van der Waals surface area contributed by atoms with Gasteiger partial charge in [0.1, 0.15) is 0 Å². The number of nitrogens with zero attached hydrogens (tertiary/aromatic N) is 2. The van der Waals surface area contributed by atoms with Crippen LogP contribution in [0.15, 0.2) is 17.8 Å². The lowest BCUT2D eigenvalue weighted by Crippen LogP contribution is -1.95. The Labute approximate surface area is 62.1 Å². The molecular formula is C6H7N3S. The van der Waals surface area contributed by atoms with Gasteiger partial charge in [0.15, 0.2) is 4.96 Å². The molecule has 2 aromatic rings. The first-order valence-electron chi connectivity index (χ1n) is 3.01. The average molecular weight is 153 g/mol. The summed E-state index contributed by atoms with van der Waals surface area (Å²) in [4.78, 5) is 5.26. The van der Waals surface area contributed by atoms with Gasteiger partial charge in [-0.25, -0.2) is 4.98 Å². The molecule has 2 rings (SSSR count). The van der Waals surface area contributed by atoms with Crippen molar-refractivity contribution in [2.75, 3.05) is 0 Å². The molecule has 0 bridgehead atoms. The molecular weight excluding hydrogens is 146 g/mol. The minimum atomic E-state index is 0.522. The Balaban J connectivity index is 2.67. The average Bonchev–Trinajstić information content (AvgIpc) is 2.42. The molecule has 2 N–H and O–H groups in total. The zero-order chi connectivity index (χ0) is 6.97. The second kappa shape index (κ2) is 2.07. The van der Waals surface area contributed by atoms with E-state index < -0.39 is 0 Å². The number of rotatable bonds is 1. The molecule has 2 aromatic heterocycles. The van der Waals surface area contributed by atoms with Crippen LogP contribution in [-0.2, 0) is 6.54 Å². The number of thiazole rings is 1. The number of aromatic nitrogens is 2. The molecule has 10 heavy (non-hydrogen) atoms. The van der Waals surface area contributed by atoms with E-state index in [1.165, 1.54) is 0 Å². The van der Waals surface area contributed by atoms with E-state index in [4.69, 9.17) is 5.73 Å². The second-order valence-corrected chi connectivity index (χ2v) is 2.90. The van der Waals surface area contributed by atoms with Gasteiger partial charge in [0, 0.05) is 24.3 Å². The Hall–Kier alpha value is -0.870. The third kappa shape index (κ3) is 0.732. The van der Waals surface area contributed by atoms with Gasteiger partial charge in [-0.15, -0.1) is 11.3 Å². The van der Waals surface area contributed by atoms with Crippen LogP contribution >= 0.6 is 11.3 Å². The van der Waals surface area contributed by atoms with Crippen molar-refractivity contribution in [2.24, 2.45) is 5.73 Å². The van der Waals surface area contributed by atoms with Crippen molar-refractivity contribution in [3.8, 4) is 0 Å². The van der Waals surface area contributed by atoms with Gasteiger partial charge in [-0.3, -0.25) is 4.40 Å². The largest absolute Gasteiger partial charge is 0.325 e. The summed E-state index contributed by atoms with van der Waals surface area (Å²) >= 11 is 1.62. The van der Waals surface area contributed by atoms with Crippen molar-refractivity contribution < 1.29 is 0 Å². The molecule has 0 fully saturated rings. The van der Waals surface area contributed by atoms with E-state index in [9.17, 15) is 0 Å². The molecule has 4 heteroatoms. The van der Waals surface area contributed by atoms with Crippen LogP contribution in [0, 0.1) is 0 Å². The van der Waals surface area contributed by atoms with Crippen LogP contribution in [0.3, 0.4) is 0 Å². The van der Waals surface area contributed by atoms with Crippen molar-refractivity contribution in [1.82, 2.24) is 9.38 Å². The van der Waals surface area contributed by atoms with Crippen molar-refractivity contribution in [1.29, 1.82) is 0 Å². The Kier molecular flexibility index (Phi) is 1.22. The second-order valence-electron chi connectivity index (χ2n) is 2.03. The van der Waals surface area contributed by atoms with Crippen molar-refractivity contribution >= 4 is 16.3 Å². The number of imidazole rings is 1. The summed E-state index contributed by atoms with van der Waals surface area (Å²) in [7, 11) is 0. The molecule has 0 aromatic carbocycles. The lowest BCUT2D eigenvalue weighted by atomic mass is 10.5. The molecule has 0 saturated heterocycles. The number of hydrogen-bond donors (Lipinski definition) is 1. The molecule has 0 aliphatic rings. The van der Waals surface area contributed by atoms with Gasteiger partial charge in [-0.2, -0.15) is 0 Å². The van der Waals surface area contributed by atoms with Crippen LogP contribution in [0.2, 0.25) is 0 Å². The molecule has 0 unspecified atom stereocenters. The lowest BCUT2D eigenvalue weighted by molar-refractivity contribution is 1.02. The number of fused-ring (bicyclic) bond motifs is 1. The van der Waals surface area contributed by atoms with Crippen molar-refractivity contribution in [3.05, 3.63) is 23.5 Å². The summed E-state index contributed by atoms with van der Waals surface area (Å²) in [5.74, 6) is 0. The van der Waals surface area contributed by atoms with Crippen LogP contribution in [0.25, 0.3) is 4.96 Å². The molecule has 0 atom stereocenters. The monoisotopic (exact) mass is 153 g/mol. The van der Waals surface area contributed by atoms with E-state index in [-0.39, 0.29) is 0 Å². The molecule has 0 amide bonds. The maximum atomic E-state index is 5.40. The van der Waals surface area contributed by atoms with Crippen LogP contribution in [0.4, 0.5) is 0 Å². The fraction of sp³-hybridized carbons (Fsp3) is 0.167. The smallest absolute Gasteiger partial charge is 0.193 e. The third-order valence-electron chi connectivity index (χ3n) is 1.35. The van der Waals surface area contributed by atoms with E-state index >= 15 is 0 Å². The van der Waals surface area contributed by atoms with Gasteiger partial charge in [-0.05, 0) is 0 Å². The first kappa shape index (κ1) is 5.88. The van der Waals surface area contributed by atoms with Gasteiger partial charge in [-0.1, -0.05) is 0 Å². The Morgan fingerprint density at radius 3 is 3.30 bits per heavy atom. The third-order valence-corrected chi connectivity index (χ3v) is 2.12. The minimum Gasteiger partial charge on any atom is -0.325 e. The standard InChI is InChI=1S/C6H7N3S/c7-3-5-4-9-1-2-10-6(9)8-5/h1-2,4H,3,7H2. The topological polar surface area (TPSA) is 43.3 Å². The first-order valence-corrected chi connectivity index (χ1v) is 3.89. The van der Waals surface area contributed by atoms with Gasteiger partial charge >= 0.3 is 0 Å². The van der Waals surface area contributed by atoms with Gasteiger partial charge < -0.3 is 5.73 Å². The summed E-state index contributed by atoms with van der Waals surface area (Å²) in [5.41, 5.74) is 6.35. The summed E-state index contributed by atoms with van der Waals surface area (Å²) in [6.07, 6.45) is 3.93. The maximum absolute atomic E-state index is 5.40. The Morgan fingerprint density at radius 1 is 1.70 bits per heavy atom. The van der Waals surface area contributed by atoms with E-state index in [1.807, 2.05) is 22.2 Å². The molecule has 3 nitrogen and oxygen atoms in total. The molecule has 0 radical (unpaired) electrons. The zero-order valence-electron chi connectivity index (χ0n) is 5.32. The minimum absolute atomic E-state index is 0.522. The van der Waals surface area contributed by atoms with Crippen LogP contribution < -0.4 is 5.73 Å². The summed E-state index contributed by atoms with van der Waals surface area (Å²) < 4.78 is 1.98. The van der Waals surface area contributed by atoms with Gasteiger partial charge in [0.2, 0.25) is 0 Å². The SMILES string of the molecule is NCc1cn2ccsc2n1. The van der Waals surface area contributed by atoms with Gasteiger partial charge in [0.05, 0.1) is 5.69 Å². The highest BCUT2D eigenvalue weighted by molar-refractivity contribution is 7.15. The fourth-order valence-electron chi connectivity index (χ4n) is 0.874. The number of nitrogens with two attached hydrogens (primary N) is 1. The summed E-state index contributed by atoms with van der Waals surface area (Å²) in [6.45, 7) is 0.522. The van der Waals surface area contributed by atoms with E-state index in [0.717, 1.165) is 10.7 Å². The highest BCUT2D eigenvalue weighted by Gasteiger charge is 1.98. The predicted octanol–water partition coefficient (Wildman–Crippen LogP) is 0.855. The van der Waals surface area contributed by atoms with Gasteiger partial charge in [0.25, 0.3) is 0 Å². The van der Waals surface area contributed by atoms with E-state index in [2.05, 4.69) is 4.98 Å². The van der Waals surface area contributed by atoms with Crippen molar-refractivity contribution in [2.45, 2.75) is 6.54 Å². The molecule has 2 heterocycles. The predicted molar refractivity (Wildman–Crippen MR) is 41.0 cm³/mol. The Morgan fingerprint density at radius 2 is 2.60 bits per heavy atom. The maximum Gasteiger partial charge on any atom is 0.193 e. The fourth-order valence-corrected chi connectivity index (χ4v) is 1.59. The highest BCUT2D eigenvalue weighted by Crippen LogP contribution is 2.10. The summed E-state index contributed by atoms with van der Waals surface area (Å²) in [6, 6.07) is 0. The Bertz CT molecular complexity index is 307. The molecule has 52 valence electrons. The van der Waals surface area contributed by atoms with E-state index in [1.54, 1.807) is 11.3 Å². The number of hydrogen-bond acceptors (Lipinski definition) is 3. The van der Waals surface area contributed by atoms with Crippen LogP contribution in [-0.4, -0.2) is 9.38 Å². The molecule has 0 aliphatic carbocycles. The van der Waals surface area contributed by atoms with E-state index in [0.29, 0.717) is 6.54 Å². The quantitative estimate of drug-likeness (QED) is 0.660. The molecule has 0 saturated carbocycles. The summed E-state index contributed by atoms with van der Waals surface area (Å²) in [5, 5.41) is 2.00. The first-order chi connectivity index (χ1) is 4.90. The van der Waals surface area contributed by atoms with Crippen molar-refractivity contribution in [3.63, 3.8) is 0 Å². The molecule has 0 aliphatic heterocycles. The van der Waals surface area contributed by atoms with Crippen LogP contribution in [0.1, 0.15) is 5.69 Å². The normalized spacial score (nSPS) is 10.9. The highest BCUT2D eigenvalue weighted by atomic mass is 32.1. The zero-order valence-corrected chi connectivity index (χ0v) is 6.14.